The van der Waals surface area contributed by atoms with E-state index in [1.54, 1.807) is 0 Å². The molecule has 0 saturated heterocycles. The smallest absolute Gasteiger partial charge is 0.337 e. The van der Waals surface area contributed by atoms with Crippen LogP contribution in [0.5, 0.6) is 0 Å². The number of rotatable bonds is 3. The van der Waals surface area contributed by atoms with Crippen LogP contribution >= 0.6 is 15.9 Å². The first kappa shape index (κ1) is 23.2. The highest BCUT2D eigenvalue weighted by Gasteiger charge is 2.39. The Balaban J connectivity index is 2.63. The fourth-order valence-electron chi connectivity index (χ4n) is 3.19. The van der Waals surface area contributed by atoms with Crippen LogP contribution in [0.25, 0.3) is 0 Å². The average molecular weight is 464 g/mol. The summed E-state index contributed by atoms with van der Waals surface area (Å²) in [6.45, 7) is 14.6. The zero-order valence-electron chi connectivity index (χ0n) is 18.4. The fourth-order valence-corrected chi connectivity index (χ4v) is 3.45. The van der Waals surface area contributed by atoms with E-state index in [0.29, 0.717) is 22.5 Å². The van der Waals surface area contributed by atoms with Gasteiger partial charge in [-0.25, -0.2) is 9.59 Å². The number of hydrogen-bond acceptors (Lipinski definition) is 5. The lowest BCUT2D eigenvalue weighted by atomic mass is 9.80. The lowest BCUT2D eigenvalue weighted by molar-refractivity contribution is -0.150. The summed E-state index contributed by atoms with van der Waals surface area (Å²) < 4.78 is 12.2. The molecule has 1 aromatic carbocycles. The molecule has 0 atom stereocenters. The third kappa shape index (κ3) is 5.95. The minimum absolute atomic E-state index is 0.411. The van der Waals surface area contributed by atoms with Crippen molar-refractivity contribution in [1.82, 2.24) is 5.32 Å². The van der Waals surface area contributed by atoms with Gasteiger partial charge >= 0.3 is 11.9 Å². The van der Waals surface area contributed by atoms with E-state index in [0.717, 1.165) is 10.0 Å². The molecule has 1 heterocycles. The van der Waals surface area contributed by atoms with Crippen molar-refractivity contribution in [3.05, 3.63) is 56.8 Å². The standard InChI is InChI=1S/C23H30BrNO4/c1-13-17(20(26)28-22(3,4)5)19(15-9-11-16(24)12-10-15)18(14(2)25-13)21(27)29-23(6,7)8/h9-12,19,25H,1-8H3. The van der Waals surface area contributed by atoms with Crippen molar-refractivity contribution in [3.8, 4) is 0 Å². The summed E-state index contributed by atoms with van der Waals surface area (Å²) >= 11 is 3.44. The van der Waals surface area contributed by atoms with Crippen molar-refractivity contribution in [2.75, 3.05) is 0 Å². The molecule has 0 saturated carbocycles. The summed E-state index contributed by atoms with van der Waals surface area (Å²) in [6.07, 6.45) is 0. The van der Waals surface area contributed by atoms with Gasteiger partial charge in [-0.05, 0) is 73.1 Å². The monoisotopic (exact) mass is 463 g/mol. The number of halogens is 1. The molecule has 29 heavy (non-hydrogen) atoms. The van der Waals surface area contributed by atoms with Gasteiger partial charge < -0.3 is 14.8 Å². The Bertz CT molecular complexity index is 818. The predicted octanol–water partition coefficient (Wildman–Crippen LogP) is 5.37. The van der Waals surface area contributed by atoms with Gasteiger partial charge in [-0.1, -0.05) is 28.1 Å². The molecule has 1 aliphatic heterocycles. The van der Waals surface area contributed by atoms with Crippen molar-refractivity contribution in [2.45, 2.75) is 72.5 Å². The molecule has 0 amide bonds. The minimum Gasteiger partial charge on any atom is -0.457 e. The molecule has 6 heteroatoms. The van der Waals surface area contributed by atoms with Crippen LogP contribution in [0.1, 0.15) is 66.9 Å². The zero-order chi connectivity index (χ0) is 22.1. The maximum absolute atomic E-state index is 13.1. The average Bonchev–Trinajstić information content (AvgIpc) is 2.51. The number of benzene rings is 1. The van der Waals surface area contributed by atoms with E-state index in [1.165, 1.54) is 0 Å². The van der Waals surface area contributed by atoms with Crippen LogP contribution in [0.15, 0.2) is 51.3 Å². The second kappa shape index (κ2) is 8.34. The van der Waals surface area contributed by atoms with Gasteiger partial charge in [0, 0.05) is 15.9 Å². The third-order valence-electron chi connectivity index (χ3n) is 4.20. The van der Waals surface area contributed by atoms with Crippen LogP contribution in [-0.4, -0.2) is 23.1 Å². The van der Waals surface area contributed by atoms with E-state index in [4.69, 9.17) is 9.47 Å². The molecule has 1 N–H and O–H groups in total. The van der Waals surface area contributed by atoms with E-state index < -0.39 is 29.1 Å². The van der Waals surface area contributed by atoms with E-state index in [1.807, 2.05) is 79.7 Å². The van der Waals surface area contributed by atoms with Crippen molar-refractivity contribution < 1.29 is 19.1 Å². The normalized spacial score (nSPS) is 15.9. The van der Waals surface area contributed by atoms with Crippen molar-refractivity contribution in [2.24, 2.45) is 0 Å². The summed E-state index contributed by atoms with van der Waals surface area (Å²) in [7, 11) is 0. The Morgan fingerprint density at radius 1 is 0.828 bits per heavy atom. The topological polar surface area (TPSA) is 64.6 Å². The quantitative estimate of drug-likeness (QED) is 0.610. The SMILES string of the molecule is CC1=C(C(=O)OC(C)(C)C)C(c2ccc(Br)cc2)C(C(=O)OC(C)(C)C)=C(C)N1. The Hall–Kier alpha value is -2.08. The Morgan fingerprint density at radius 2 is 1.21 bits per heavy atom. The van der Waals surface area contributed by atoms with Gasteiger partial charge in [-0.3, -0.25) is 0 Å². The van der Waals surface area contributed by atoms with E-state index in [-0.39, 0.29) is 0 Å². The lowest BCUT2D eigenvalue weighted by Crippen LogP contribution is -2.36. The molecule has 158 valence electrons. The first-order valence-corrected chi connectivity index (χ1v) is 10.4. The molecule has 0 fully saturated rings. The molecule has 1 aromatic rings. The van der Waals surface area contributed by atoms with Gasteiger partial charge in [0.2, 0.25) is 0 Å². The number of hydrogen-bond donors (Lipinski definition) is 1. The third-order valence-corrected chi connectivity index (χ3v) is 4.73. The molecule has 0 aliphatic carbocycles. The fraction of sp³-hybridized carbons (Fsp3) is 0.478. The van der Waals surface area contributed by atoms with Crippen molar-refractivity contribution in [1.29, 1.82) is 0 Å². The van der Waals surface area contributed by atoms with Gasteiger partial charge in [-0.15, -0.1) is 0 Å². The summed E-state index contributed by atoms with van der Waals surface area (Å²) in [4.78, 5) is 26.3. The van der Waals surface area contributed by atoms with E-state index in [9.17, 15) is 9.59 Å². The van der Waals surface area contributed by atoms with Crippen LogP contribution in [-0.2, 0) is 19.1 Å². The molecular formula is C23H30BrNO4. The summed E-state index contributed by atoms with van der Waals surface area (Å²) in [6, 6.07) is 7.58. The predicted molar refractivity (Wildman–Crippen MR) is 117 cm³/mol. The van der Waals surface area contributed by atoms with Crippen LogP contribution in [0, 0.1) is 0 Å². The number of allylic oxidation sites excluding steroid dienone is 2. The molecule has 0 spiro atoms. The maximum atomic E-state index is 13.1. The minimum atomic E-state index is -0.656. The molecule has 0 radical (unpaired) electrons. The van der Waals surface area contributed by atoms with Crippen LogP contribution in [0.3, 0.4) is 0 Å². The Morgan fingerprint density at radius 3 is 1.55 bits per heavy atom. The molecule has 0 unspecified atom stereocenters. The molecular weight excluding hydrogens is 434 g/mol. The number of ether oxygens (including phenoxy) is 2. The molecule has 2 rings (SSSR count). The lowest BCUT2D eigenvalue weighted by Gasteiger charge is -2.33. The first-order valence-electron chi connectivity index (χ1n) is 9.60. The highest BCUT2D eigenvalue weighted by molar-refractivity contribution is 9.10. The summed E-state index contributed by atoms with van der Waals surface area (Å²) in [5, 5.41) is 3.17. The highest BCUT2D eigenvalue weighted by Crippen LogP contribution is 2.40. The number of esters is 2. The molecule has 5 nitrogen and oxygen atoms in total. The highest BCUT2D eigenvalue weighted by atomic mass is 79.9. The van der Waals surface area contributed by atoms with Crippen LogP contribution < -0.4 is 5.32 Å². The van der Waals surface area contributed by atoms with Crippen molar-refractivity contribution >= 4 is 27.9 Å². The van der Waals surface area contributed by atoms with Crippen LogP contribution in [0.2, 0.25) is 0 Å². The van der Waals surface area contributed by atoms with Gasteiger partial charge in [0.05, 0.1) is 17.1 Å². The Kier molecular flexibility index (Phi) is 6.68. The largest absolute Gasteiger partial charge is 0.457 e. The van der Waals surface area contributed by atoms with Gasteiger partial charge in [0.1, 0.15) is 11.2 Å². The Labute approximate surface area is 181 Å². The van der Waals surface area contributed by atoms with E-state index >= 15 is 0 Å². The van der Waals surface area contributed by atoms with Gasteiger partial charge in [0.15, 0.2) is 0 Å². The summed E-state index contributed by atoms with van der Waals surface area (Å²) in [5.74, 6) is -1.50. The van der Waals surface area contributed by atoms with Gasteiger partial charge in [-0.2, -0.15) is 0 Å². The number of dihydropyridines is 1. The molecule has 0 bridgehead atoms. The second-order valence-corrected chi connectivity index (χ2v) is 10.1. The number of carbonyl (C=O) groups is 2. The van der Waals surface area contributed by atoms with Crippen molar-refractivity contribution in [3.63, 3.8) is 0 Å². The molecule has 1 aliphatic rings. The van der Waals surface area contributed by atoms with Gasteiger partial charge in [0.25, 0.3) is 0 Å². The van der Waals surface area contributed by atoms with Crippen LogP contribution in [0.4, 0.5) is 0 Å². The number of carbonyl (C=O) groups excluding carboxylic acids is 2. The maximum Gasteiger partial charge on any atom is 0.337 e. The number of nitrogens with one attached hydrogen (secondary N) is 1. The molecule has 0 aromatic heterocycles. The second-order valence-electron chi connectivity index (χ2n) is 9.19. The van der Waals surface area contributed by atoms with E-state index in [2.05, 4.69) is 21.2 Å². The first-order chi connectivity index (χ1) is 13.2. The zero-order valence-corrected chi connectivity index (χ0v) is 20.0. The summed E-state index contributed by atoms with van der Waals surface area (Å²) in [5.41, 5.74) is 1.65.